The molecule has 1 atom stereocenters. The van der Waals surface area contributed by atoms with Crippen LogP contribution < -0.4 is 10.1 Å². The van der Waals surface area contributed by atoms with Crippen LogP contribution in [0.25, 0.3) is 0 Å². The molecular weight excluding hydrogens is 281 g/mol. The molecule has 2 aromatic rings. The summed E-state index contributed by atoms with van der Waals surface area (Å²) in [6.07, 6.45) is 0. The van der Waals surface area contributed by atoms with E-state index in [-0.39, 0.29) is 6.61 Å². The third-order valence-electron chi connectivity index (χ3n) is 2.91. The second-order valence-electron chi connectivity index (χ2n) is 4.28. The molecule has 0 heterocycles. The van der Waals surface area contributed by atoms with Crippen LogP contribution in [0.3, 0.4) is 0 Å². The van der Waals surface area contributed by atoms with Crippen molar-refractivity contribution in [2.45, 2.75) is 6.04 Å². The predicted octanol–water partition coefficient (Wildman–Crippen LogP) is 3.63. The lowest BCUT2D eigenvalue weighted by Gasteiger charge is -2.20. The third-order valence-corrected chi connectivity index (χ3v) is 3.12. The number of hydrogen-bond donors (Lipinski definition) is 2. The molecule has 2 N–H and O–H groups in total. The molecule has 5 heteroatoms. The monoisotopic (exact) mass is 295 g/mol. The summed E-state index contributed by atoms with van der Waals surface area (Å²) in [6.45, 7) is -0.197. The molecule has 2 rings (SSSR count). The Morgan fingerprint density at radius 2 is 2.05 bits per heavy atom. The van der Waals surface area contributed by atoms with Gasteiger partial charge in [0.15, 0.2) is 0 Å². The molecule has 20 heavy (non-hydrogen) atoms. The average molecular weight is 296 g/mol. The molecule has 3 nitrogen and oxygen atoms in total. The molecule has 1 unspecified atom stereocenters. The van der Waals surface area contributed by atoms with E-state index in [4.69, 9.17) is 16.3 Å². The van der Waals surface area contributed by atoms with Crippen molar-refractivity contribution < 1.29 is 14.2 Å². The minimum absolute atomic E-state index is 0.197. The molecule has 0 amide bonds. The summed E-state index contributed by atoms with van der Waals surface area (Å²) in [5.74, 6) is 0.209. The number of benzene rings is 2. The van der Waals surface area contributed by atoms with Crippen LogP contribution in [-0.2, 0) is 0 Å². The maximum absolute atomic E-state index is 13.4. The van der Waals surface area contributed by atoms with Gasteiger partial charge in [-0.05, 0) is 35.9 Å². The smallest absolute Gasteiger partial charge is 0.141 e. The Hall–Kier alpha value is -1.78. The molecule has 0 saturated carbocycles. The van der Waals surface area contributed by atoms with Gasteiger partial charge in [0.1, 0.15) is 11.6 Å². The van der Waals surface area contributed by atoms with Gasteiger partial charge in [0.05, 0.1) is 25.4 Å². The van der Waals surface area contributed by atoms with Crippen LogP contribution in [0, 0.1) is 5.82 Å². The van der Waals surface area contributed by atoms with E-state index in [0.717, 1.165) is 5.69 Å². The number of ether oxygens (including phenoxy) is 1. The molecule has 0 fully saturated rings. The Balaban J connectivity index is 2.28. The fraction of sp³-hybridized carbons (Fsp3) is 0.200. The van der Waals surface area contributed by atoms with Gasteiger partial charge >= 0.3 is 0 Å². The van der Waals surface area contributed by atoms with Crippen molar-refractivity contribution in [3.8, 4) is 5.75 Å². The van der Waals surface area contributed by atoms with Crippen LogP contribution in [-0.4, -0.2) is 18.8 Å². The number of halogens is 2. The van der Waals surface area contributed by atoms with E-state index in [2.05, 4.69) is 5.32 Å². The quantitative estimate of drug-likeness (QED) is 0.885. The fourth-order valence-electron chi connectivity index (χ4n) is 1.96. The Kier molecular flexibility index (Phi) is 4.82. The van der Waals surface area contributed by atoms with E-state index >= 15 is 0 Å². The number of nitrogens with one attached hydrogen (secondary N) is 1. The third kappa shape index (κ3) is 3.40. The summed E-state index contributed by atoms with van der Waals surface area (Å²) < 4.78 is 18.6. The Labute approximate surface area is 122 Å². The van der Waals surface area contributed by atoms with Gasteiger partial charge in [-0.1, -0.05) is 23.7 Å². The minimum Gasteiger partial charge on any atom is -0.495 e. The van der Waals surface area contributed by atoms with Gasteiger partial charge in [-0.15, -0.1) is 0 Å². The SMILES string of the molecule is COc1ccccc1NC(CO)c1cc(F)cc(Cl)c1. The number of methoxy groups -OCH3 is 1. The van der Waals surface area contributed by atoms with Crippen molar-refractivity contribution in [3.63, 3.8) is 0 Å². The molecule has 0 bridgehead atoms. The van der Waals surface area contributed by atoms with Crippen LogP contribution in [0.1, 0.15) is 11.6 Å². The predicted molar refractivity (Wildman–Crippen MR) is 77.9 cm³/mol. The topological polar surface area (TPSA) is 41.5 Å². The molecule has 0 spiro atoms. The van der Waals surface area contributed by atoms with Crippen LogP contribution in [0.4, 0.5) is 10.1 Å². The fourth-order valence-corrected chi connectivity index (χ4v) is 2.19. The summed E-state index contributed by atoms with van der Waals surface area (Å²) in [4.78, 5) is 0. The van der Waals surface area contributed by atoms with Gasteiger partial charge in [-0.3, -0.25) is 0 Å². The van der Waals surface area contributed by atoms with E-state index in [0.29, 0.717) is 16.3 Å². The first-order valence-electron chi connectivity index (χ1n) is 6.10. The van der Waals surface area contributed by atoms with E-state index in [9.17, 15) is 9.50 Å². The summed E-state index contributed by atoms with van der Waals surface area (Å²) in [6, 6.07) is 11.0. The minimum atomic E-state index is -0.473. The Morgan fingerprint density at radius 1 is 1.30 bits per heavy atom. The van der Waals surface area contributed by atoms with Crippen LogP contribution in [0.15, 0.2) is 42.5 Å². The standard InChI is InChI=1S/C15H15ClFNO2/c1-20-15-5-3-2-4-13(15)18-14(9-19)10-6-11(16)8-12(17)7-10/h2-8,14,18-19H,9H2,1H3. The van der Waals surface area contributed by atoms with Crippen LogP contribution >= 0.6 is 11.6 Å². The van der Waals surface area contributed by atoms with Crippen molar-refractivity contribution in [1.29, 1.82) is 0 Å². The van der Waals surface area contributed by atoms with Crippen LogP contribution in [0.5, 0.6) is 5.75 Å². The second kappa shape index (κ2) is 6.59. The second-order valence-corrected chi connectivity index (χ2v) is 4.72. The highest BCUT2D eigenvalue weighted by atomic mass is 35.5. The first-order valence-corrected chi connectivity index (χ1v) is 6.48. The molecule has 0 aromatic heterocycles. The highest BCUT2D eigenvalue weighted by molar-refractivity contribution is 6.30. The maximum Gasteiger partial charge on any atom is 0.141 e. The van der Waals surface area contributed by atoms with E-state index in [1.54, 1.807) is 19.2 Å². The van der Waals surface area contributed by atoms with Crippen molar-refractivity contribution in [2.24, 2.45) is 0 Å². The lowest BCUT2D eigenvalue weighted by molar-refractivity contribution is 0.276. The first kappa shape index (κ1) is 14.6. The van der Waals surface area contributed by atoms with Crippen molar-refractivity contribution in [1.82, 2.24) is 0 Å². The lowest BCUT2D eigenvalue weighted by Crippen LogP contribution is -2.15. The molecule has 0 radical (unpaired) electrons. The molecule has 0 saturated heterocycles. The Morgan fingerprint density at radius 3 is 2.70 bits per heavy atom. The number of aliphatic hydroxyl groups is 1. The summed E-state index contributed by atoms with van der Waals surface area (Å²) in [7, 11) is 1.56. The largest absolute Gasteiger partial charge is 0.495 e. The average Bonchev–Trinajstić information content (AvgIpc) is 2.44. The van der Waals surface area contributed by atoms with Gasteiger partial charge in [-0.2, -0.15) is 0 Å². The molecule has 0 aliphatic rings. The molecular formula is C15H15ClFNO2. The van der Waals surface area contributed by atoms with Crippen molar-refractivity contribution in [2.75, 3.05) is 19.0 Å². The van der Waals surface area contributed by atoms with Crippen molar-refractivity contribution >= 4 is 17.3 Å². The Bertz CT molecular complexity index is 572. The zero-order valence-corrected chi connectivity index (χ0v) is 11.7. The van der Waals surface area contributed by atoms with Gasteiger partial charge in [0.25, 0.3) is 0 Å². The summed E-state index contributed by atoms with van der Waals surface area (Å²) >= 11 is 5.84. The van der Waals surface area contributed by atoms with E-state index in [1.807, 2.05) is 18.2 Å². The zero-order chi connectivity index (χ0) is 14.5. The van der Waals surface area contributed by atoms with E-state index in [1.165, 1.54) is 12.1 Å². The number of rotatable bonds is 5. The molecule has 0 aliphatic heterocycles. The van der Waals surface area contributed by atoms with E-state index < -0.39 is 11.9 Å². The van der Waals surface area contributed by atoms with Gasteiger partial charge in [0, 0.05) is 5.02 Å². The normalized spacial score (nSPS) is 12.0. The zero-order valence-electron chi connectivity index (χ0n) is 10.9. The van der Waals surface area contributed by atoms with Crippen LogP contribution in [0.2, 0.25) is 5.02 Å². The van der Waals surface area contributed by atoms with Gasteiger partial charge < -0.3 is 15.2 Å². The maximum atomic E-state index is 13.4. The number of aliphatic hydroxyl groups excluding tert-OH is 1. The summed E-state index contributed by atoms with van der Waals surface area (Å²) in [5.41, 5.74) is 1.29. The first-order chi connectivity index (χ1) is 9.63. The number of hydrogen-bond acceptors (Lipinski definition) is 3. The van der Waals surface area contributed by atoms with Crippen molar-refractivity contribution in [3.05, 3.63) is 58.9 Å². The highest BCUT2D eigenvalue weighted by Gasteiger charge is 2.14. The molecule has 106 valence electrons. The van der Waals surface area contributed by atoms with Gasteiger partial charge in [-0.25, -0.2) is 4.39 Å². The molecule has 2 aromatic carbocycles. The highest BCUT2D eigenvalue weighted by Crippen LogP contribution is 2.29. The summed E-state index contributed by atoms with van der Waals surface area (Å²) in [5, 5.41) is 12.9. The van der Waals surface area contributed by atoms with Gasteiger partial charge in [0.2, 0.25) is 0 Å². The molecule has 0 aliphatic carbocycles. The number of anilines is 1. The lowest BCUT2D eigenvalue weighted by atomic mass is 10.1. The number of para-hydroxylation sites is 2.